The fourth-order valence-electron chi connectivity index (χ4n) is 1.99. The second-order valence-corrected chi connectivity index (χ2v) is 5.60. The Morgan fingerprint density at radius 1 is 1.29 bits per heavy atom. The molecule has 1 unspecified atom stereocenters. The summed E-state index contributed by atoms with van der Waals surface area (Å²) in [6.45, 7) is 3.92. The molecule has 0 saturated carbocycles. The summed E-state index contributed by atoms with van der Waals surface area (Å²) in [5.74, 6) is 0.706. The average molecular weight is 368 g/mol. The number of piperidine rings is 1. The van der Waals surface area contributed by atoms with Crippen molar-refractivity contribution in [3.05, 3.63) is 33.4 Å². The highest BCUT2D eigenvalue weighted by molar-refractivity contribution is 14.1. The van der Waals surface area contributed by atoms with Gasteiger partial charge in [0.25, 0.3) is 0 Å². The van der Waals surface area contributed by atoms with Gasteiger partial charge < -0.3 is 10.1 Å². The van der Waals surface area contributed by atoms with Gasteiger partial charge in [-0.15, -0.1) is 12.4 Å². The number of hydrogen-bond acceptors (Lipinski definition) is 2. The summed E-state index contributed by atoms with van der Waals surface area (Å²) in [5.41, 5.74) is 1.27. The SMILES string of the molecule is Cl.Ic1ccc(COCC2CCCNC2)cc1. The molecule has 4 heteroatoms. The molecule has 0 spiro atoms. The topological polar surface area (TPSA) is 21.3 Å². The largest absolute Gasteiger partial charge is 0.376 e. The predicted molar refractivity (Wildman–Crippen MR) is 81.7 cm³/mol. The van der Waals surface area contributed by atoms with Gasteiger partial charge in [-0.3, -0.25) is 0 Å². The third-order valence-corrected chi connectivity index (χ3v) is 3.65. The first kappa shape index (κ1) is 15.2. The van der Waals surface area contributed by atoms with Gasteiger partial charge in [0, 0.05) is 10.1 Å². The van der Waals surface area contributed by atoms with Crippen molar-refractivity contribution in [2.24, 2.45) is 5.92 Å². The number of halogens is 2. The minimum atomic E-state index is 0. The Morgan fingerprint density at radius 2 is 2.06 bits per heavy atom. The van der Waals surface area contributed by atoms with Crippen LogP contribution in [0.15, 0.2) is 24.3 Å². The van der Waals surface area contributed by atoms with Crippen molar-refractivity contribution in [2.75, 3.05) is 19.7 Å². The van der Waals surface area contributed by atoms with Crippen LogP contribution < -0.4 is 5.32 Å². The molecular weight excluding hydrogens is 349 g/mol. The molecule has 1 N–H and O–H groups in total. The van der Waals surface area contributed by atoms with Crippen LogP contribution in [0.2, 0.25) is 0 Å². The van der Waals surface area contributed by atoms with Gasteiger partial charge in [0.15, 0.2) is 0 Å². The van der Waals surface area contributed by atoms with E-state index in [2.05, 4.69) is 52.2 Å². The highest BCUT2D eigenvalue weighted by Crippen LogP contribution is 2.12. The predicted octanol–water partition coefficient (Wildman–Crippen LogP) is 3.23. The molecule has 1 aromatic carbocycles. The Labute approximate surface area is 123 Å². The van der Waals surface area contributed by atoms with Crippen LogP contribution in [0, 0.1) is 9.49 Å². The van der Waals surface area contributed by atoms with E-state index in [0.29, 0.717) is 5.92 Å². The molecular formula is C13H19ClINO. The van der Waals surface area contributed by atoms with Crippen LogP contribution in [0.25, 0.3) is 0 Å². The maximum Gasteiger partial charge on any atom is 0.0717 e. The number of hydrogen-bond donors (Lipinski definition) is 1. The summed E-state index contributed by atoms with van der Waals surface area (Å²) in [4.78, 5) is 0. The van der Waals surface area contributed by atoms with Crippen LogP contribution >= 0.6 is 35.0 Å². The molecule has 1 fully saturated rings. The van der Waals surface area contributed by atoms with E-state index in [1.807, 2.05) is 0 Å². The molecule has 1 saturated heterocycles. The Bertz CT molecular complexity index is 312. The summed E-state index contributed by atoms with van der Waals surface area (Å²) in [5, 5.41) is 3.41. The molecule has 0 aliphatic carbocycles. The smallest absolute Gasteiger partial charge is 0.0717 e. The molecule has 1 aromatic rings. The molecule has 0 bridgehead atoms. The molecule has 17 heavy (non-hydrogen) atoms. The summed E-state index contributed by atoms with van der Waals surface area (Å²) >= 11 is 2.32. The van der Waals surface area contributed by atoms with Crippen LogP contribution in [-0.4, -0.2) is 19.7 Å². The maximum absolute atomic E-state index is 5.76. The fraction of sp³-hybridized carbons (Fsp3) is 0.538. The van der Waals surface area contributed by atoms with E-state index in [1.54, 1.807) is 0 Å². The van der Waals surface area contributed by atoms with E-state index < -0.39 is 0 Å². The van der Waals surface area contributed by atoms with Crippen molar-refractivity contribution < 1.29 is 4.74 Å². The second-order valence-electron chi connectivity index (χ2n) is 4.35. The Kier molecular flexibility index (Phi) is 7.43. The third-order valence-electron chi connectivity index (χ3n) is 2.93. The number of rotatable bonds is 4. The van der Waals surface area contributed by atoms with Crippen molar-refractivity contribution in [1.82, 2.24) is 5.32 Å². The Morgan fingerprint density at radius 3 is 2.71 bits per heavy atom. The molecule has 1 atom stereocenters. The van der Waals surface area contributed by atoms with E-state index in [1.165, 1.54) is 28.5 Å². The quantitative estimate of drug-likeness (QED) is 0.825. The van der Waals surface area contributed by atoms with Crippen molar-refractivity contribution in [3.63, 3.8) is 0 Å². The molecule has 0 radical (unpaired) electrons. The van der Waals surface area contributed by atoms with Gasteiger partial charge in [-0.1, -0.05) is 12.1 Å². The lowest BCUT2D eigenvalue weighted by atomic mass is 10.0. The monoisotopic (exact) mass is 367 g/mol. The van der Waals surface area contributed by atoms with Crippen LogP contribution in [-0.2, 0) is 11.3 Å². The highest BCUT2D eigenvalue weighted by atomic mass is 127. The van der Waals surface area contributed by atoms with Gasteiger partial charge in [-0.25, -0.2) is 0 Å². The van der Waals surface area contributed by atoms with Gasteiger partial charge in [-0.05, 0) is 65.6 Å². The zero-order chi connectivity index (χ0) is 11.2. The fourth-order valence-corrected chi connectivity index (χ4v) is 2.35. The van der Waals surface area contributed by atoms with E-state index in [0.717, 1.165) is 19.8 Å². The summed E-state index contributed by atoms with van der Waals surface area (Å²) in [6, 6.07) is 8.53. The number of ether oxygens (including phenoxy) is 1. The van der Waals surface area contributed by atoms with Gasteiger partial charge in [0.1, 0.15) is 0 Å². The van der Waals surface area contributed by atoms with Gasteiger partial charge in [0.2, 0.25) is 0 Å². The van der Waals surface area contributed by atoms with Crippen molar-refractivity contribution in [2.45, 2.75) is 19.4 Å². The highest BCUT2D eigenvalue weighted by Gasteiger charge is 2.12. The molecule has 2 rings (SSSR count). The average Bonchev–Trinajstić information content (AvgIpc) is 2.33. The first-order valence-electron chi connectivity index (χ1n) is 5.87. The van der Waals surface area contributed by atoms with E-state index >= 15 is 0 Å². The van der Waals surface area contributed by atoms with Crippen LogP contribution in [0.3, 0.4) is 0 Å². The molecule has 1 aliphatic heterocycles. The molecule has 0 amide bonds. The normalized spacial score (nSPS) is 19.7. The van der Waals surface area contributed by atoms with Crippen LogP contribution in [0.1, 0.15) is 18.4 Å². The lowest BCUT2D eigenvalue weighted by molar-refractivity contribution is 0.0783. The minimum Gasteiger partial charge on any atom is -0.376 e. The second kappa shape index (κ2) is 8.29. The first-order chi connectivity index (χ1) is 7.84. The van der Waals surface area contributed by atoms with Gasteiger partial charge >= 0.3 is 0 Å². The zero-order valence-corrected chi connectivity index (χ0v) is 12.8. The van der Waals surface area contributed by atoms with Crippen molar-refractivity contribution in [1.29, 1.82) is 0 Å². The number of nitrogens with one attached hydrogen (secondary N) is 1. The van der Waals surface area contributed by atoms with Gasteiger partial charge in [-0.2, -0.15) is 0 Å². The van der Waals surface area contributed by atoms with E-state index in [-0.39, 0.29) is 12.4 Å². The lowest BCUT2D eigenvalue weighted by Gasteiger charge is -2.22. The van der Waals surface area contributed by atoms with Crippen LogP contribution in [0.4, 0.5) is 0 Å². The molecule has 1 heterocycles. The van der Waals surface area contributed by atoms with Gasteiger partial charge in [0.05, 0.1) is 13.2 Å². The summed E-state index contributed by atoms with van der Waals surface area (Å²) in [6.07, 6.45) is 2.59. The van der Waals surface area contributed by atoms with Crippen molar-refractivity contribution >= 4 is 35.0 Å². The standard InChI is InChI=1S/C13H18INO.ClH/c14-13-5-3-11(4-6-13)9-16-10-12-2-1-7-15-8-12;/h3-6,12,15H,1-2,7-10H2;1H. The van der Waals surface area contributed by atoms with Crippen LogP contribution in [0.5, 0.6) is 0 Å². The lowest BCUT2D eigenvalue weighted by Crippen LogP contribution is -2.32. The van der Waals surface area contributed by atoms with Crippen molar-refractivity contribution in [3.8, 4) is 0 Å². The maximum atomic E-state index is 5.76. The summed E-state index contributed by atoms with van der Waals surface area (Å²) < 4.78 is 7.03. The Balaban J connectivity index is 0.00000144. The molecule has 0 aromatic heterocycles. The molecule has 2 nitrogen and oxygen atoms in total. The molecule has 1 aliphatic rings. The minimum absolute atomic E-state index is 0. The third kappa shape index (κ3) is 5.55. The van der Waals surface area contributed by atoms with E-state index in [4.69, 9.17) is 4.74 Å². The molecule has 96 valence electrons. The zero-order valence-electron chi connectivity index (χ0n) is 9.82. The summed E-state index contributed by atoms with van der Waals surface area (Å²) in [7, 11) is 0. The number of benzene rings is 1. The van der Waals surface area contributed by atoms with E-state index in [9.17, 15) is 0 Å². The first-order valence-corrected chi connectivity index (χ1v) is 6.95. The Hall–Kier alpha value is 0.160.